The van der Waals surface area contributed by atoms with Crippen molar-refractivity contribution in [3.8, 4) is 0 Å². The summed E-state index contributed by atoms with van der Waals surface area (Å²) < 4.78 is 0. The summed E-state index contributed by atoms with van der Waals surface area (Å²) in [5, 5.41) is 8.52. The summed E-state index contributed by atoms with van der Waals surface area (Å²) in [5.41, 5.74) is 0.774. The first-order chi connectivity index (χ1) is 5.24. The van der Waals surface area contributed by atoms with E-state index >= 15 is 0 Å². The maximum Gasteiger partial charge on any atom is 0.354 e. The Kier molecular flexibility index (Phi) is 2.21. The van der Waals surface area contributed by atoms with Crippen LogP contribution in [0.3, 0.4) is 0 Å². The molecule has 3 heteroatoms. The van der Waals surface area contributed by atoms with Gasteiger partial charge in [-0.2, -0.15) is 0 Å². The van der Waals surface area contributed by atoms with E-state index in [0.29, 0.717) is 12.1 Å². The minimum absolute atomic E-state index is 0.0751. The van der Waals surface area contributed by atoms with Crippen molar-refractivity contribution in [3.05, 3.63) is 36.5 Å². The van der Waals surface area contributed by atoms with Crippen LogP contribution in [-0.2, 0) is 6.42 Å². The lowest BCUT2D eigenvalue weighted by Gasteiger charge is -1.96. The van der Waals surface area contributed by atoms with Crippen molar-refractivity contribution in [2.24, 2.45) is 0 Å². The highest BCUT2D eigenvalue weighted by Crippen LogP contribution is 1.99. The molecule has 0 unspecified atom stereocenters. The Labute approximate surface area is 64.7 Å². The monoisotopic (exact) mass is 150 g/mol. The van der Waals surface area contributed by atoms with E-state index in [4.69, 9.17) is 5.11 Å². The third-order valence-electron chi connectivity index (χ3n) is 1.28. The van der Waals surface area contributed by atoms with E-state index in [9.17, 15) is 4.79 Å². The zero-order valence-electron chi connectivity index (χ0n) is 5.95. The molecule has 1 aromatic rings. The number of aromatic nitrogens is 1. The molecule has 1 aromatic heterocycles. The first-order valence-electron chi connectivity index (χ1n) is 3.22. The predicted molar refractivity (Wildman–Crippen MR) is 40.3 cm³/mol. The maximum atomic E-state index is 10.4. The van der Waals surface area contributed by atoms with Crippen molar-refractivity contribution >= 4 is 5.97 Å². The lowest BCUT2D eigenvalue weighted by molar-refractivity contribution is 0.0690. The first kappa shape index (κ1) is 7.72. The minimum atomic E-state index is -1.000. The molecule has 0 atom stereocenters. The fraction of sp³-hybridized carbons (Fsp3) is 0.125. The Morgan fingerprint density at radius 1 is 1.64 bits per heavy atom. The van der Waals surface area contributed by atoms with Crippen LogP contribution >= 0.6 is 0 Å². The van der Waals surface area contributed by atoms with Gasteiger partial charge in [0.1, 0.15) is 5.69 Å². The second-order valence-corrected chi connectivity index (χ2v) is 2.07. The Morgan fingerprint density at radius 3 is 2.91 bits per heavy atom. The van der Waals surface area contributed by atoms with Crippen LogP contribution < -0.4 is 0 Å². The summed E-state index contributed by atoms with van der Waals surface area (Å²) in [6.45, 7) is 3.60. The molecular weight excluding hydrogens is 142 g/mol. The average Bonchev–Trinajstić information content (AvgIpc) is 2.05. The van der Waals surface area contributed by atoms with E-state index in [1.807, 2.05) is 0 Å². The number of rotatable bonds is 2. The summed E-state index contributed by atoms with van der Waals surface area (Å²) in [5.74, 6) is -1.000. The van der Waals surface area contributed by atoms with Gasteiger partial charge in [-0.1, -0.05) is 6.07 Å². The van der Waals surface area contributed by atoms with Gasteiger partial charge < -0.3 is 5.11 Å². The van der Waals surface area contributed by atoms with Crippen molar-refractivity contribution in [1.82, 2.24) is 4.98 Å². The summed E-state index contributed by atoms with van der Waals surface area (Å²) in [7, 11) is 0. The molecule has 0 aliphatic rings. The third kappa shape index (κ3) is 1.77. The van der Waals surface area contributed by atoms with Crippen molar-refractivity contribution < 1.29 is 9.90 Å². The van der Waals surface area contributed by atoms with Gasteiger partial charge >= 0.3 is 5.97 Å². The molecule has 1 radical (unpaired) electrons. The van der Waals surface area contributed by atoms with Crippen LogP contribution in [0, 0.1) is 6.92 Å². The molecule has 0 spiro atoms. The molecule has 0 saturated carbocycles. The van der Waals surface area contributed by atoms with Crippen LogP contribution in [0.5, 0.6) is 0 Å². The van der Waals surface area contributed by atoms with E-state index in [-0.39, 0.29) is 5.69 Å². The van der Waals surface area contributed by atoms with Gasteiger partial charge in [-0.3, -0.25) is 0 Å². The van der Waals surface area contributed by atoms with Crippen LogP contribution in [0.1, 0.15) is 16.2 Å². The summed E-state index contributed by atoms with van der Waals surface area (Å²) in [6, 6.07) is 4.87. The molecular formula is C8H8NO2. The highest BCUT2D eigenvalue weighted by Gasteiger charge is 2.02. The van der Waals surface area contributed by atoms with Crippen LogP contribution in [0.25, 0.3) is 0 Å². The fourth-order valence-electron chi connectivity index (χ4n) is 0.738. The molecule has 1 N–H and O–H groups in total. The standard InChI is InChI=1S/C8H8NO2/c1-2-6-4-3-5-7(9-6)8(10)11/h3-5H,1-2H2,(H,10,11). The molecule has 0 aromatic carbocycles. The number of nitrogens with zero attached hydrogens (tertiary/aromatic N) is 1. The topological polar surface area (TPSA) is 50.2 Å². The second kappa shape index (κ2) is 3.14. The molecule has 1 rings (SSSR count). The molecule has 1 heterocycles. The molecule has 0 fully saturated rings. The lowest BCUT2D eigenvalue weighted by Crippen LogP contribution is -2.01. The van der Waals surface area contributed by atoms with Crippen molar-refractivity contribution in [1.29, 1.82) is 0 Å². The van der Waals surface area contributed by atoms with Gasteiger partial charge in [-0.05, 0) is 25.5 Å². The Bertz CT molecular complexity index is 271. The Hall–Kier alpha value is -1.38. The van der Waals surface area contributed by atoms with Crippen molar-refractivity contribution in [2.45, 2.75) is 6.42 Å². The van der Waals surface area contributed by atoms with Gasteiger partial charge in [0.2, 0.25) is 0 Å². The van der Waals surface area contributed by atoms with Crippen molar-refractivity contribution in [2.75, 3.05) is 0 Å². The minimum Gasteiger partial charge on any atom is -0.477 e. The Balaban J connectivity index is 3.01. The summed E-state index contributed by atoms with van der Waals surface area (Å²) in [4.78, 5) is 14.2. The zero-order chi connectivity index (χ0) is 8.27. The molecule has 0 saturated heterocycles. The number of pyridine rings is 1. The molecule has 11 heavy (non-hydrogen) atoms. The van der Waals surface area contributed by atoms with E-state index < -0.39 is 5.97 Å². The molecule has 0 amide bonds. The van der Waals surface area contributed by atoms with E-state index in [1.54, 1.807) is 12.1 Å². The van der Waals surface area contributed by atoms with Gasteiger partial charge in [-0.15, -0.1) is 0 Å². The Morgan fingerprint density at radius 2 is 2.36 bits per heavy atom. The van der Waals surface area contributed by atoms with Crippen LogP contribution in [0.15, 0.2) is 18.2 Å². The normalized spacial score (nSPS) is 9.55. The number of aromatic carboxylic acids is 1. The number of carbonyl (C=O) groups is 1. The number of carboxylic acid groups (broad SMARTS) is 1. The highest BCUT2D eigenvalue weighted by molar-refractivity contribution is 5.85. The summed E-state index contributed by atoms with van der Waals surface area (Å²) in [6.07, 6.45) is 0.515. The smallest absolute Gasteiger partial charge is 0.354 e. The van der Waals surface area contributed by atoms with Gasteiger partial charge in [0.25, 0.3) is 0 Å². The lowest BCUT2D eigenvalue weighted by atomic mass is 10.2. The molecule has 3 nitrogen and oxygen atoms in total. The highest BCUT2D eigenvalue weighted by atomic mass is 16.4. The third-order valence-corrected chi connectivity index (χ3v) is 1.28. The average molecular weight is 150 g/mol. The van der Waals surface area contributed by atoms with Gasteiger partial charge in [0.05, 0.1) is 0 Å². The SMILES string of the molecule is [CH2]Cc1cccc(C(=O)O)n1. The maximum absolute atomic E-state index is 10.4. The molecule has 0 aliphatic carbocycles. The van der Waals surface area contributed by atoms with Gasteiger partial charge in [-0.25, -0.2) is 9.78 Å². The van der Waals surface area contributed by atoms with E-state index in [0.717, 1.165) is 0 Å². The van der Waals surface area contributed by atoms with Crippen LogP contribution in [-0.4, -0.2) is 16.1 Å². The van der Waals surface area contributed by atoms with E-state index in [1.165, 1.54) is 6.07 Å². The van der Waals surface area contributed by atoms with Gasteiger partial charge in [0, 0.05) is 5.69 Å². The first-order valence-corrected chi connectivity index (χ1v) is 3.22. The largest absolute Gasteiger partial charge is 0.477 e. The molecule has 57 valence electrons. The summed E-state index contributed by atoms with van der Waals surface area (Å²) >= 11 is 0. The number of hydrogen-bond donors (Lipinski definition) is 1. The van der Waals surface area contributed by atoms with Crippen LogP contribution in [0.4, 0.5) is 0 Å². The van der Waals surface area contributed by atoms with Gasteiger partial charge in [0.15, 0.2) is 0 Å². The quantitative estimate of drug-likeness (QED) is 0.688. The molecule has 0 aliphatic heterocycles. The van der Waals surface area contributed by atoms with E-state index in [2.05, 4.69) is 11.9 Å². The second-order valence-electron chi connectivity index (χ2n) is 2.07. The number of carboxylic acids is 1. The predicted octanol–water partition coefficient (Wildman–Crippen LogP) is 1.16. The van der Waals surface area contributed by atoms with Crippen LogP contribution in [0.2, 0.25) is 0 Å². The number of hydrogen-bond acceptors (Lipinski definition) is 2. The fourth-order valence-corrected chi connectivity index (χ4v) is 0.738. The zero-order valence-corrected chi connectivity index (χ0v) is 5.95. The molecule has 0 bridgehead atoms. The van der Waals surface area contributed by atoms with Crippen molar-refractivity contribution in [3.63, 3.8) is 0 Å².